The summed E-state index contributed by atoms with van der Waals surface area (Å²) in [7, 11) is 0. The Morgan fingerprint density at radius 1 is 1.16 bits per heavy atom. The Bertz CT molecular complexity index is 766. The van der Waals surface area contributed by atoms with Crippen LogP contribution in [0.1, 0.15) is 64.0 Å². The first-order valence-corrected chi connectivity index (χ1v) is 9.42. The Labute approximate surface area is 149 Å². The molecule has 4 bridgehead atoms. The number of hydrogen-bond acceptors (Lipinski definition) is 5. The zero-order valence-electron chi connectivity index (χ0n) is 15.2. The molecule has 3 N–H and O–H groups in total. The van der Waals surface area contributed by atoms with Crippen molar-refractivity contribution in [3.05, 3.63) is 41.5 Å². The number of fused-ring (bicyclic) bond motifs is 6. The van der Waals surface area contributed by atoms with Crippen molar-refractivity contribution >= 4 is 11.5 Å². The zero-order valence-corrected chi connectivity index (χ0v) is 15.2. The Morgan fingerprint density at radius 3 is 2.68 bits per heavy atom. The number of hydrogen-bond donors (Lipinski definition) is 2. The molecule has 5 heteroatoms. The summed E-state index contributed by atoms with van der Waals surface area (Å²) in [5, 5.41) is 3.40. The van der Waals surface area contributed by atoms with Crippen molar-refractivity contribution in [2.24, 2.45) is 5.73 Å². The number of aromatic nitrogens is 3. The first-order chi connectivity index (χ1) is 12.1. The van der Waals surface area contributed by atoms with Crippen LogP contribution in [0.2, 0.25) is 0 Å². The second kappa shape index (κ2) is 6.06. The third-order valence-electron chi connectivity index (χ3n) is 5.99. The number of rotatable bonds is 5. The van der Waals surface area contributed by atoms with Gasteiger partial charge in [0.15, 0.2) is 5.82 Å². The first-order valence-electron chi connectivity index (χ1n) is 9.42. The van der Waals surface area contributed by atoms with Gasteiger partial charge in [0.25, 0.3) is 0 Å². The predicted octanol–water partition coefficient (Wildman–Crippen LogP) is 3.51. The zero-order chi connectivity index (χ0) is 17.5. The van der Waals surface area contributed by atoms with Crippen LogP contribution in [-0.4, -0.2) is 27.0 Å². The highest BCUT2D eigenvalue weighted by molar-refractivity contribution is 5.70. The summed E-state index contributed by atoms with van der Waals surface area (Å²) >= 11 is 0. The van der Waals surface area contributed by atoms with Crippen LogP contribution in [0.15, 0.2) is 29.9 Å². The van der Waals surface area contributed by atoms with E-state index in [2.05, 4.69) is 43.5 Å². The number of nitrogens with two attached hydrogens (primary N) is 1. The maximum absolute atomic E-state index is 6.43. The van der Waals surface area contributed by atoms with Crippen molar-refractivity contribution in [1.82, 2.24) is 15.0 Å². The summed E-state index contributed by atoms with van der Waals surface area (Å²) in [6.45, 7) is 4.94. The van der Waals surface area contributed by atoms with Crippen LogP contribution in [0.3, 0.4) is 0 Å². The Morgan fingerprint density at radius 2 is 1.96 bits per heavy atom. The summed E-state index contributed by atoms with van der Waals surface area (Å²) in [6.07, 6.45) is 14.9. The monoisotopic (exact) mass is 337 g/mol. The molecule has 4 rings (SSSR count). The molecule has 1 spiro atoms. The molecule has 3 aliphatic rings. The molecule has 2 aliphatic carbocycles. The SMILES string of the molecule is CCC(N)(CC)CNc1nc2nc(n1)C1(C/C=C\C3=CC=C2C3)CC1. The number of anilines is 1. The molecular formula is C20H27N5. The van der Waals surface area contributed by atoms with Gasteiger partial charge < -0.3 is 11.1 Å². The van der Waals surface area contributed by atoms with Crippen molar-refractivity contribution in [3.63, 3.8) is 0 Å². The maximum Gasteiger partial charge on any atom is 0.226 e. The van der Waals surface area contributed by atoms with E-state index in [-0.39, 0.29) is 11.0 Å². The van der Waals surface area contributed by atoms with Crippen LogP contribution >= 0.6 is 0 Å². The lowest BCUT2D eigenvalue weighted by Gasteiger charge is -2.27. The average molecular weight is 337 g/mol. The van der Waals surface area contributed by atoms with E-state index in [1.165, 1.54) is 11.1 Å². The van der Waals surface area contributed by atoms with Crippen LogP contribution in [0, 0.1) is 0 Å². The Kier molecular flexibility index (Phi) is 3.99. The van der Waals surface area contributed by atoms with Gasteiger partial charge in [0.05, 0.1) is 0 Å². The number of nitrogens with one attached hydrogen (secondary N) is 1. The third kappa shape index (κ3) is 3.13. The lowest BCUT2D eigenvalue weighted by Crippen LogP contribution is -2.45. The van der Waals surface area contributed by atoms with E-state index in [4.69, 9.17) is 20.7 Å². The van der Waals surface area contributed by atoms with E-state index in [0.717, 1.165) is 50.2 Å². The van der Waals surface area contributed by atoms with Crippen molar-refractivity contribution in [1.29, 1.82) is 0 Å². The lowest BCUT2D eigenvalue weighted by molar-refractivity contribution is 0.417. The highest BCUT2D eigenvalue weighted by Crippen LogP contribution is 2.50. The molecule has 1 aromatic heterocycles. The van der Waals surface area contributed by atoms with E-state index in [1.807, 2.05) is 0 Å². The van der Waals surface area contributed by atoms with Gasteiger partial charge in [-0.2, -0.15) is 9.97 Å². The first kappa shape index (κ1) is 16.5. The van der Waals surface area contributed by atoms with Gasteiger partial charge in [-0.25, -0.2) is 4.98 Å². The molecule has 1 aliphatic heterocycles. The molecule has 1 saturated carbocycles. The standard InChI is InChI=1S/C20H27N5/c1-3-20(21,4-2)13-22-18-24-16-15-8-7-14(12-15)6-5-9-19(10-11-19)17(23-16)25-18/h5-8H,3-4,9-13,21H2,1-2H3,(H,22,23,24,25)/b6-5-. The van der Waals surface area contributed by atoms with E-state index in [9.17, 15) is 0 Å². The van der Waals surface area contributed by atoms with Crippen molar-refractivity contribution < 1.29 is 0 Å². The Hall–Kier alpha value is -2.01. The lowest BCUT2D eigenvalue weighted by atomic mass is 9.94. The largest absolute Gasteiger partial charge is 0.352 e. The maximum atomic E-state index is 6.43. The molecule has 0 radical (unpaired) electrons. The predicted molar refractivity (Wildman–Crippen MR) is 101 cm³/mol. The molecule has 2 heterocycles. The quantitative estimate of drug-likeness (QED) is 0.860. The average Bonchev–Trinajstić information content (AvgIpc) is 3.28. The van der Waals surface area contributed by atoms with Gasteiger partial charge in [-0.15, -0.1) is 0 Å². The van der Waals surface area contributed by atoms with Crippen LogP contribution in [0.4, 0.5) is 5.95 Å². The topological polar surface area (TPSA) is 76.7 Å². The minimum absolute atomic E-state index is 0.109. The van der Waals surface area contributed by atoms with Gasteiger partial charge in [0, 0.05) is 29.5 Å². The van der Waals surface area contributed by atoms with Crippen molar-refractivity contribution in [2.75, 3.05) is 11.9 Å². The van der Waals surface area contributed by atoms with Gasteiger partial charge in [0.2, 0.25) is 5.95 Å². The normalized spacial score (nSPS) is 21.6. The molecular weight excluding hydrogens is 310 g/mol. The van der Waals surface area contributed by atoms with Crippen molar-refractivity contribution in [2.45, 2.75) is 63.3 Å². The molecule has 0 unspecified atom stereocenters. The molecule has 1 fully saturated rings. The van der Waals surface area contributed by atoms with Crippen LogP contribution < -0.4 is 11.1 Å². The van der Waals surface area contributed by atoms with Crippen molar-refractivity contribution in [3.8, 4) is 0 Å². The molecule has 25 heavy (non-hydrogen) atoms. The van der Waals surface area contributed by atoms with Gasteiger partial charge in [-0.3, -0.25) is 0 Å². The molecule has 0 amide bonds. The summed E-state index contributed by atoms with van der Waals surface area (Å²) < 4.78 is 0. The molecule has 0 aromatic carbocycles. The van der Waals surface area contributed by atoms with E-state index >= 15 is 0 Å². The summed E-state index contributed by atoms with van der Waals surface area (Å²) in [5.74, 6) is 2.43. The highest BCUT2D eigenvalue weighted by atomic mass is 15.2. The fourth-order valence-electron chi connectivity index (χ4n) is 3.51. The Balaban J connectivity index is 1.67. The molecule has 5 nitrogen and oxygen atoms in total. The fraction of sp³-hybridized carbons (Fsp3) is 0.550. The summed E-state index contributed by atoms with van der Waals surface area (Å²) in [6, 6.07) is 0. The van der Waals surface area contributed by atoms with E-state index in [0.29, 0.717) is 12.5 Å². The van der Waals surface area contributed by atoms with Gasteiger partial charge in [-0.1, -0.05) is 38.2 Å². The molecule has 132 valence electrons. The minimum atomic E-state index is -0.222. The number of allylic oxidation sites excluding steroid dienone is 6. The molecule has 0 saturated heterocycles. The fourth-order valence-corrected chi connectivity index (χ4v) is 3.51. The van der Waals surface area contributed by atoms with E-state index in [1.54, 1.807) is 0 Å². The van der Waals surface area contributed by atoms with E-state index < -0.39 is 0 Å². The van der Waals surface area contributed by atoms with Crippen LogP contribution in [0.5, 0.6) is 0 Å². The minimum Gasteiger partial charge on any atom is -0.352 e. The molecule has 1 aromatic rings. The second-order valence-electron chi connectivity index (χ2n) is 7.73. The van der Waals surface area contributed by atoms with Crippen LogP contribution in [-0.2, 0) is 5.41 Å². The molecule has 0 atom stereocenters. The second-order valence-corrected chi connectivity index (χ2v) is 7.73. The number of nitrogens with zero attached hydrogens (tertiary/aromatic N) is 3. The summed E-state index contributed by atoms with van der Waals surface area (Å²) in [5.41, 5.74) is 8.83. The third-order valence-corrected chi connectivity index (χ3v) is 5.99. The van der Waals surface area contributed by atoms with Crippen LogP contribution in [0.25, 0.3) is 5.57 Å². The van der Waals surface area contributed by atoms with Gasteiger partial charge in [0.1, 0.15) is 5.82 Å². The van der Waals surface area contributed by atoms with Gasteiger partial charge >= 0.3 is 0 Å². The van der Waals surface area contributed by atoms with Gasteiger partial charge in [-0.05, 0) is 37.7 Å². The smallest absolute Gasteiger partial charge is 0.226 e. The summed E-state index contributed by atoms with van der Waals surface area (Å²) in [4.78, 5) is 14.3. The highest BCUT2D eigenvalue weighted by Gasteiger charge is 2.46.